The SMILES string of the molecule is C=CCc1cnc(Cl)c(F)c1C(O)C=C. The molecule has 1 aromatic heterocycles. The topological polar surface area (TPSA) is 33.1 Å². The van der Waals surface area contributed by atoms with E-state index in [1.807, 2.05) is 0 Å². The average molecular weight is 228 g/mol. The zero-order valence-electron chi connectivity index (χ0n) is 8.08. The second-order valence-corrected chi connectivity index (χ2v) is 3.33. The Hall–Kier alpha value is -1.19. The lowest BCUT2D eigenvalue weighted by molar-refractivity contribution is 0.222. The number of pyridine rings is 1. The summed E-state index contributed by atoms with van der Waals surface area (Å²) in [5.41, 5.74) is 0.671. The molecule has 1 atom stereocenters. The van der Waals surface area contributed by atoms with Crippen LogP contribution in [-0.4, -0.2) is 10.1 Å². The molecule has 0 radical (unpaired) electrons. The Kier molecular flexibility index (Phi) is 4.00. The molecule has 1 aromatic rings. The number of nitrogens with zero attached hydrogens (tertiary/aromatic N) is 1. The van der Waals surface area contributed by atoms with E-state index in [1.165, 1.54) is 12.3 Å². The quantitative estimate of drug-likeness (QED) is 0.634. The van der Waals surface area contributed by atoms with Gasteiger partial charge in [0, 0.05) is 11.8 Å². The molecule has 15 heavy (non-hydrogen) atoms. The van der Waals surface area contributed by atoms with Crippen LogP contribution in [-0.2, 0) is 6.42 Å². The monoisotopic (exact) mass is 227 g/mol. The number of rotatable bonds is 4. The molecule has 0 aromatic carbocycles. The molecule has 4 heteroatoms. The zero-order chi connectivity index (χ0) is 11.4. The van der Waals surface area contributed by atoms with Crippen LogP contribution in [0.15, 0.2) is 31.5 Å². The van der Waals surface area contributed by atoms with Crippen LogP contribution in [0.25, 0.3) is 0 Å². The van der Waals surface area contributed by atoms with Crippen molar-refractivity contribution in [3.05, 3.63) is 53.6 Å². The molecule has 2 nitrogen and oxygen atoms in total. The summed E-state index contributed by atoms with van der Waals surface area (Å²) in [5, 5.41) is 9.31. The molecule has 0 aliphatic rings. The number of hydrogen-bond acceptors (Lipinski definition) is 2. The summed E-state index contributed by atoms with van der Waals surface area (Å²) in [7, 11) is 0. The van der Waals surface area contributed by atoms with E-state index in [2.05, 4.69) is 18.1 Å². The molecule has 0 saturated heterocycles. The molecular formula is C11H11ClFNO. The third-order valence-corrected chi connectivity index (χ3v) is 2.24. The van der Waals surface area contributed by atoms with Gasteiger partial charge in [-0.2, -0.15) is 0 Å². The first kappa shape index (κ1) is 11.9. The van der Waals surface area contributed by atoms with E-state index in [-0.39, 0.29) is 10.7 Å². The van der Waals surface area contributed by atoms with Crippen molar-refractivity contribution < 1.29 is 9.50 Å². The average Bonchev–Trinajstić information content (AvgIpc) is 2.23. The summed E-state index contributed by atoms with van der Waals surface area (Å²) in [4.78, 5) is 3.67. The summed E-state index contributed by atoms with van der Waals surface area (Å²) in [6.45, 7) is 6.95. The molecule has 1 rings (SSSR count). The van der Waals surface area contributed by atoms with E-state index in [9.17, 15) is 9.50 Å². The molecule has 80 valence electrons. The Morgan fingerprint density at radius 3 is 2.80 bits per heavy atom. The number of halogens is 2. The van der Waals surface area contributed by atoms with Crippen molar-refractivity contribution in [2.45, 2.75) is 12.5 Å². The molecule has 0 amide bonds. The largest absolute Gasteiger partial charge is 0.384 e. The van der Waals surface area contributed by atoms with Gasteiger partial charge < -0.3 is 5.11 Å². The predicted octanol–water partition coefficient (Wildman–Crippen LogP) is 2.82. The van der Waals surface area contributed by atoms with Crippen LogP contribution in [0, 0.1) is 5.82 Å². The van der Waals surface area contributed by atoms with Crippen LogP contribution in [0.5, 0.6) is 0 Å². The first-order valence-corrected chi connectivity index (χ1v) is 4.73. The molecule has 0 saturated carbocycles. The van der Waals surface area contributed by atoms with Crippen molar-refractivity contribution >= 4 is 11.6 Å². The van der Waals surface area contributed by atoms with Crippen LogP contribution in [0.3, 0.4) is 0 Å². The van der Waals surface area contributed by atoms with Gasteiger partial charge in [0.25, 0.3) is 0 Å². The number of aliphatic hydroxyl groups excluding tert-OH is 1. The van der Waals surface area contributed by atoms with Crippen molar-refractivity contribution in [1.29, 1.82) is 0 Å². The number of hydrogen-bond donors (Lipinski definition) is 1. The van der Waals surface area contributed by atoms with Gasteiger partial charge in [0.2, 0.25) is 0 Å². The lowest BCUT2D eigenvalue weighted by Gasteiger charge is -2.12. The summed E-state index contributed by atoms with van der Waals surface area (Å²) < 4.78 is 13.6. The smallest absolute Gasteiger partial charge is 0.166 e. The Morgan fingerprint density at radius 1 is 1.60 bits per heavy atom. The van der Waals surface area contributed by atoms with Gasteiger partial charge in [0.1, 0.15) is 6.10 Å². The minimum Gasteiger partial charge on any atom is -0.384 e. The van der Waals surface area contributed by atoms with Gasteiger partial charge in [-0.15, -0.1) is 13.2 Å². The van der Waals surface area contributed by atoms with Crippen LogP contribution < -0.4 is 0 Å². The fourth-order valence-corrected chi connectivity index (χ4v) is 1.42. The highest BCUT2D eigenvalue weighted by molar-refractivity contribution is 6.29. The Bertz CT molecular complexity index is 392. The molecule has 0 spiro atoms. The number of aromatic nitrogens is 1. The van der Waals surface area contributed by atoms with Crippen LogP contribution in [0.1, 0.15) is 17.2 Å². The van der Waals surface area contributed by atoms with E-state index < -0.39 is 11.9 Å². The summed E-state index contributed by atoms with van der Waals surface area (Å²) in [6.07, 6.45) is 3.60. The van der Waals surface area contributed by atoms with E-state index in [4.69, 9.17) is 11.6 Å². The summed E-state index contributed by atoms with van der Waals surface area (Å²) in [5.74, 6) is -0.705. The van der Waals surface area contributed by atoms with Crippen molar-refractivity contribution in [1.82, 2.24) is 4.98 Å². The molecule has 0 bridgehead atoms. The van der Waals surface area contributed by atoms with Gasteiger partial charge in [-0.1, -0.05) is 23.8 Å². The maximum absolute atomic E-state index is 13.6. The van der Waals surface area contributed by atoms with Gasteiger partial charge in [0.15, 0.2) is 11.0 Å². The molecule has 0 aliphatic carbocycles. The minimum atomic E-state index is -1.08. The number of allylic oxidation sites excluding steroid dienone is 1. The van der Waals surface area contributed by atoms with Crippen molar-refractivity contribution in [2.24, 2.45) is 0 Å². The highest BCUT2D eigenvalue weighted by Crippen LogP contribution is 2.26. The third-order valence-electron chi connectivity index (χ3n) is 1.98. The van der Waals surface area contributed by atoms with Crippen LogP contribution in [0.4, 0.5) is 4.39 Å². The minimum absolute atomic E-state index is 0.116. The fourth-order valence-electron chi connectivity index (χ4n) is 1.27. The Balaban J connectivity index is 3.33. The maximum atomic E-state index is 13.6. The van der Waals surface area contributed by atoms with Crippen LogP contribution >= 0.6 is 11.6 Å². The van der Waals surface area contributed by atoms with Gasteiger partial charge in [-0.25, -0.2) is 9.37 Å². The molecule has 0 fully saturated rings. The van der Waals surface area contributed by atoms with E-state index in [1.54, 1.807) is 6.08 Å². The van der Waals surface area contributed by atoms with E-state index >= 15 is 0 Å². The van der Waals surface area contributed by atoms with Crippen LogP contribution in [0.2, 0.25) is 5.15 Å². The molecule has 1 unspecified atom stereocenters. The maximum Gasteiger partial charge on any atom is 0.166 e. The third kappa shape index (κ3) is 2.43. The van der Waals surface area contributed by atoms with Crippen molar-refractivity contribution in [2.75, 3.05) is 0 Å². The Morgan fingerprint density at radius 2 is 2.27 bits per heavy atom. The first-order chi connectivity index (χ1) is 7.11. The molecular weight excluding hydrogens is 217 g/mol. The van der Waals surface area contributed by atoms with E-state index in [0.717, 1.165) is 0 Å². The summed E-state index contributed by atoms with van der Waals surface area (Å²) >= 11 is 5.53. The molecule has 1 heterocycles. The lowest BCUT2D eigenvalue weighted by atomic mass is 10.0. The first-order valence-electron chi connectivity index (χ1n) is 4.36. The van der Waals surface area contributed by atoms with Gasteiger partial charge >= 0.3 is 0 Å². The highest BCUT2D eigenvalue weighted by Gasteiger charge is 2.17. The second-order valence-electron chi connectivity index (χ2n) is 2.98. The Labute approximate surface area is 92.7 Å². The molecule has 0 aliphatic heterocycles. The van der Waals surface area contributed by atoms with Gasteiger partial charge in [-0.05, 0) is 12.0 Å². The standard InChI is InChI=1S/C11H11ClFNO/c1-3-5-7-6-14-11(12)10(13)9(7)8(15)4-2/h3-4,6,8,15H,1-2,5H2. The van der Waals surface area contributed by atoms with E-state index in [0.29, 0.717) is 12.0 Å². The zero-order valence-corrected chi connectivity index (χ0v) is 8.84. The second kappa shape index (κ2) is 5.05. The normalized spacial score (nSPS) is 12.2. The summed E-state index contributed by atoms with van der Waals surface area (Å²) in [6, 6.07) is 0. The fraction of sp³-hybridized carbons (Fsp3) is 0.182. The van der Waals surface area contributed by atoms with Crippen molar-refractivity contribution in [3.63, 3.8) is 0 Å². The lowest BCUT2D eigenvalue weighted by Crippen LogP contribution is -2.04. The highest BCUT2D eigenvalue weighted by atomic mass is 35.5. The number of aliphatic hydroxyl groups is 1. The van der Waals surface area contributed by atoms with Crippen molar-refractivity contribution in [3.8, 4) is 0 Å². The molecule has 1 N–H and O–H groups in total. The van der Waals surface area contributed by atoms with Gasteiger partial charge in [-0.3, -0.25) is 0 Å². The van der Waals surface area contributed by atoms with Gasteiger partial charge in [0.05, 0.1) is 0 Å². The predicted molar refractivity (Wildman–Crippen MR) is 58.3 cm³/mol.